The molecule has 26 heavy (non-hydrogen) atoms. The summed E-state index contributed by atoms with van der Waals surface area (Å²) in [7, 11) is 0. The molecule has 0 bridgehead atoms. The maximum atomic E-state index is 9.78. The van der Waals surface area contributed by atoms with Crippen LogP contribution in [0, 0.1) is 0 Å². The van der Waals surface area contributed by atoms with E-state index in [0.717, 1.165) is 16.7 Å². The highest BCUT2D eigenvalue weighted by Gasteiger charge is 2.16. The second-order valence-electron chi connectivity index (χ2n) is 6.13. The van der Waals surface area contributed by atoms with Gasteiger partial charge in [0.1, 0.15) is 11.9 Å². The van der Waals surface area contributed by atoms with E-state index in [0.29, 0.717) is 22.2 Å². The van der Waals surface area contributed by atoms with E-state index in [1.165, 1.54) is 0 Å². The van der Waals surface area contributed by atoms with Gasteiger partial charge in [-0.15, -0.1) is 0 Å². The Hall–Kier alpha value is -2.07. The lowest BCUT2D eigenvalue weighted by atomic mass is 10.0. The highest BCUT2D eigenvalue weighted by molar-refractivity contribution is 6.36. The van der Waals surface area contributed by atoms with Crippen LogP contribution in [0.15, 0.2) is 67.0 Å². The standard InChI is InChI=1S/C21H19Cl2NO2/c1-14(25)11-21(16-3-2-10-24-13-16)26-18-7-4-15(5-8-18)19-9-6-17(22)12-20(19)23/h2-10,12-14,21,25H,11H2,1H3. The molecule has 0 radical (unpaired) electrons. The Kier molecular flexibility index (Phi) is 6.15. The molecule has 134 valence electrons. The number of ether oxygens (including phenoxy) is 1. The highest BCUT2D eigenvalue weighted by Crippen LogP contribution is 2.32. The smallest absolute Gasteiger partial charge is 0.128 e. The molecule has 1 heterocycles. The van der Waals surface area contributed by atoms with E-state index >= 15 is 0 Å². The summed E-state index contributed by atoms with van der Waals surface area (Å²) in [5.74, 6) is 0.716. The van der Waals surface area contributed by atoms with Crippen LogP contribution in [0.3, 0.4) is 0 Å². The van der Waals surface area contributed by atoms with Crippen molar-refractivity contribution in [3.63, 3.8) is 0 Å². The number of halogens is 2. The number of aromatic nitrogens is 1. The van der Waals surface area contributed by atoms with Gasteiger partial charge in [-0.2, -0.15) is 0 Å². The Balaban J connectivity index is 1.80. The summed E-state index contributed by atoms with van der Waals surface area (Å²) in [5.41, 5.74) is 2.82. The van der Waals surface area contributed by atoms with Gasteiger partial charge in [-0.3, -0.25) is 4.98 Å². The average Bonchev–Trinajstić information content (AvgIpc) is 2.62. The van der Waals surface area contributed by atoms with Crippen LogP contribution in [0.25, 0.3) is 11.1 Å². The number of rotatable bonds is 6. The Morgan fingerprint density at radius 3 is 2.46 bits per heavy atom. The van der Waals surface area contributed by atoms with E-state index in [4.69, 9.17) is 27.9 Å². The van der Waals surface area contributed by atoms with Crippen LogP contribution in [0.5, 0.6) is 5.75 Å². The van der Waals surface area contributed by atoms with E-state index in [9.17, 15) is 5.11 Å². The second-order valence-corrected chi connectivity index (χ2v) is 6.97. The lowest BCUT2D eigenvalue weighted by molar-refractivity contribution is 0.106. The first kappa shape index (κ1) is 18.7. The topological polar surface area (TPSA) is 42.4 Å². The fraction of sp³-hybridized carbons (Fsp3) is 0.190. The Labute approximate surface area is 163 Å². The third kappa shape index (κ3) is 4.76. The van der Waals surface area contributed by atoms with Crippen molar-refractivity contribution in [1.82, 2.24) is 4.98 Å². The van der Waals surface area contributed by atoms with E-state index in [-0.39, 0.29) is 6.10 Å². The molecule has 5 heteroatoms. The molecule has 3 rings (SSSR count). The molecule has 0 amide bonds. The minimum absolute atomic E-state index is 0.270. The van der Waals surface area contributed by atoms with Crippen LogP contribution < -0.4 is 4.74 Å². The molecule has 0 saturated carbocycles. The predicted molar refractivity (Wildman–Crippen MR) is 106 cm³/mol. The van der Waals surface area contributed by atoms with E-state index in [1.807, 2.05) is 48.5 Å². The van der Waals surface area contributed by atoms with Gasteiger partial charge in [-0.25, -0.2) is 0 Å². The largest absolute Gasteiger partial charge is 0.486 e. The Morgan fingerprint density at radius 1 is 1.08 bits per heavy atom. The van der Waals surface area contributed by atoms with Crippen LogP contribution >= 0.6 is 23.2 Å². The van der Waals surface area contributed by atoms with E-state index < -0.39 is 6.10 Å². The molecule has 0 aliphatic heterocycles. The summed E-state index contributed by atoms with van der Waals surface area (Å²) in [6.07, 6.45) is 3.21. The van der Waals surface area contributed by atoms with Crippen molar-refractivity contribution in [2.24, 2.45) is 0 Å². The number of aliphatic hydroxyl groups excluding tert-OH is 1. The number of benzene rings is 2. The van der Waals surface area contributed by atoms with Crippen molar-refractivity contribution in [2.45, 2.75) is 25.6 Å². The van der Waals surface area contributed by atoms with Gasteiger partial charge in [-0.1, -0.05) is 47.5 Å². The number of aliphatic hydroxyl groups is 1. The first-order chi connectivity index (χ1) is 12.5. The van der Waals surface area contributed by atoms with Gasteiger partial charge in [0.2, 0.25) is 0 Å². The predicted octanol–water partition coefficient (Wildman–Crippen LogP) is 5.95. The molecule has 0 spiro atoms. The quantitative estimate of drug-likeness (QED) is 0.568. The molecule has 1 aromatic heterocycles. The zero-order chi connectivity index (χ0) is 18.5. The zero-order valence-corrected chi connectivity index (χ0v) is 15.8. The first-order valence-corrected chi connectivity index (χ1v) is 9.08. The summed E-state index contributed by atoms with van der Waals surface area (Å²) < 4.78 is 6.10. The van der Waals surface area contributed by atoms with E-state index in [1.54, 1.807) is 25.4 Å². The fourth-order valence-corrected chi connectivity index (χ4v) is 3.25. The van der Waals surface area contributed by atoms with Crippen LogP contribution in [-0.4, -0.2) is 16.2 Å². The molecule has 0 aliphatic rings. The molecule has 3 aromatic rings. The molecule has 1 N–H and O–H groups in total. The third-order valence-corrected chi connectivity index (χ3v) is 4.53. The maximum Gasteiger partial charge on any atom is 0.128 e. The highest BCUT2D eigenvalue weighted by atomic mass is 35.5. The van der Waals surface area contributed by atoms with Crippen molar-refractivity contribution < 1.29 is 9.84 Å². The van der Waals surface area contributed by atoms with Gasteiger partial charge in [0, 0.05) is 40.0 Å². The van der Waals surface area contributed by atoms with Crippen molar-refractivity contribution in [3.8, 4) is 16.9 Å². The summed E-state index contributed by atoms with van der Waals surface area (Å²) in [6.45, 7) is 1.75. The SMILES string of the molecule is CC(O)CC(Oc1ccc(-c2ccc(Cl)cc2Cl)cc1)c1cccnc1. The summed E-state index contributed by atoms with van der Waals surface area (Å²) in [4.78, 5) is 4.14. The molecule has 3 nitrogen and oxygen atoms in total. The molecule has 2 unspecified atom stereocenters. The number of nitrogens with zero attached hydrogens (tertiary/aromatic N) is 1. The van der Waals surface area contributed by atoms with Gasteiger partial charge in [0.15, 0.2) is 0 Å². The van der Waals surface area contributed by atoms with Gasteiger partial charge in [-0.05, 0) is 42.8 Å². The Morgan fingerprint density at radius 2 is 1.85 bits per heavy atom. The summed E-state index contributed by atoms with van der Waals surface area (Å²) >= 11 is 12.2. The van der Waals surface area contributed by atoms with Crippen molar-refractivity contribution in [2.75, 3.05) is 0 Å². The fourth-order valence-electron chi connectivity index (χ4n) is 2.73. The monoisotopic (exact) mass is 387 g/mol. The first-order valence-electron chi connectivity index (χ1n) is 8.33. The number of pyridine rings is 1. The van der Waals surface area contributed by atoms with Crippen molar-refractivity contribution >= 4 is 23.2 Å². The van der Waals surface area contributed by atoms with E-state index in [2.05, 4.69) is 4.98 Å². The Bertz CT molecular complexity index is 852. The van der Waals surface area contributed by atoms with Gasteiger partial charge in [0.05, 0.1) is 6.10 Å². The molecule has 0 fully saturated rings. The molecular weight excluding hydrogens is 369 g/mol. The maximum absolute atomic E-state index is 9.78. The van der Waals surface area contributed by atoms with Crippen LogP contribution in [0.2, 0.25) is 10.0 Å². The molecule has 0 aliphatic carbocycles. The molecule has 2 aromatic carbocycles. The molecule has 0 saturated heterocycles. The van der Waals surface area contributed by atoms with Crippen LogP contribution in [0.4, 0.5) is 0 Å². The summed E-state index contributed by atoms with van der Waals surface area (Å²) in [6, 6.07) is 16.9. The minimum Gasteiger partial charge on any atom is -0.486 e. The van der Waals surface area contributed by atoms with Crippen LogP contribution in [-0.2, 0) is 0 Å². The number of hydrogen-bond donors (Lipinski definition) is 1. The van der Waals surface area contributed by atoms with Crippen molar-refractivity contribution in [1.29, 1.82) is 0 Å². The van der Waals surface area contributed by atoms with Gasteiger partial charge < -0.3 is 9.84 Å². The second kappa shape index (κ2) is 8.54. The lowest BCUT2D eigenvalue weighted by Gasteiger charge is -2.21. The van der Waals surface area contributed by atoms with Gasteiger partial charge in [0.25, 0.3) is 0 Å². The minimum atomic E-state index is -0.479. The van der Waals surface area contributed by atoms with Crippen molar-refractivity contribution in [3.05, 3.63) is 82.6 Å². The van der Waals surface area contributed by atoms with Gasteiger partial charge >= 0.3 is 0 Å². The zero-order valence-electron chi connectivity index (χ0n) is 14.3. The third-order valence-electron chi connectivity index (χ3n) is 3.99. The normalized spacial score (nSPS) is 13.2. The molecular formula is C21H19Cl2NO2. The molecule has 2 atom stereocenters. The summed E-state index contributed by atoms with van der Waals surface area (Å²) in [5, 5.41) is 11.0. The average molecular weight is 388 g/mol. The van der Waals surface area contributed by atoms with Crippen LogP contribution in [0.1, 0.15) is 25.0 Å². The lowest BCUT2D eigenvalue weighted by Crippen LogP contribution is -2.14. The number of hydrogen-bond acceptors (Lipinski definition) is 3.